The summed E-state index contributed by atoms with van der Waals surface area (Å²) in [4.78, 5) is 19.6. The predicted octanol–water partition coefficient (Wildman–Crippen LogP) is 4.95. The highest BCUT2D eigenvalue weighted by Crippen LogP contribution is 2.29. The van der Waals surface area contributed by atoms with Crippen LogP contribution >= 0.6 is 15.9 Å². The van der Waals surface area contributed by atoms with Gasteiger partial charge in [0.1, 0.15) is 0 Å². The quantitative estimate of drug-likeness (QED) is 0.559. The molecule has 0 fully saturated rings. The molecule has 5 nitrogen and oxygen atoms in total. The minimum absolute atomic E-state index is 0.0141. The second-order valence-corrected chi connectivity index (χ2v) is 7.29. The standard InChI is InChI=1S/C21H23BrN4O/c1-4-13-25(15(2)17-9-5-6-10-19(17)22)21(27)18-14-24-26(16(18)3)20-11-7-8-12-23-20/h5-12,14-15H,4,13H2,1-3H3. The Labute approximate surface area is 168 Å². The Morgan fingerprint density at radius 3 is 2.63 bits per heavy atom. The smallest absolute Gasteiger partial charge is 0.257 e. The topological polar surface area (TPSA) is 51.0 Å². The molecule has 0 aliphatic carbocycles. The minimum Gasteiger partial charge on any atom is -0.332 e. The number of hydrogen-bond acceptors (Lipinski definition) is 3. The Hall–Kier alpha value is -2.47. The van der Waals surface area contributed by atoms with Crippen LogP contribution < -0.4 is 0 Å². The van der Waals surface area contributed by atoms with Crippen molar-refractivity contribution in [2.45, 2.75) is 33.2 Å². The van der Waals surface area contributed by atoms with E-state index in [4.69, 9.17) is 0 Å². The van der Waals surface area contributed by atoms with Gasteiger partial charge in [0, 0.05) is 17.2 Å². The van der Waals surface area contributed by atoms with Crippen molar-refractivity contribution in [1.29, 1.82) is 0 Å². The average molecular weight is 427 g/mol. The summed E-state index contributed by atoms with van der Waals surface area (Å²) in [7, 11) is 0. The summed E-state index contributed by atoms with van der Waals surface area (Å²) in [5, 5.41) is 4.40. The maximum Gasteiger partial charge on any atom is 0.257 e. The normalized spacial score (nSPS) is 12.0. The first-order valence-corrected chi connectivity index (χ1v) is 9.85. The lowest BCUT2D eigenvalue weighted by atomic mass is 10.1. The van der Waals surface area contributed by atoms with Crippen molar-refractivity contribution >= 4 is 21.8 Å². The van der Waals surface area contributed by atoms with E-state index in [0.29, 0.717) is 17.9 Å². The summed E-state index contributed by atoms with van der Waals surface area (Å²) in [5.74, 6) is 0.690. The number of pyridine rings is 1. The Bertz CT molecular complexity index is 923. The lowest BCUT2D eigenvalue weighted by Crippen LogP contribution is -2.34. The summed E-state index contributed by atoms with van der Waals surface area (Å²) < 4.78 is 2.72. The summed E-state index contributed by atoms with van der Waals surface area (Å²) in [6.45, 7) is 6.72. The molecule has 0 N–H and O–H groups in total. The van der Waals surface area contributed by atoms with Gasteiger partial charge in [0.05, 0.1) is 23.5 Å². The summed E-state index contributed by atoms with van der Waals surface area (Å²) in [6.07, 6.45) is 4.24. The molecule has 2 aromatic heterocycles. The van der Waals surface area contributed by atoms with Crippen molar-refractivity contribution < 1.29 is 4.79 Å². The van der Waals surface area contributed by atoms with Crippen LogP contribution in [0, 0.1) is 6.92 Å². The van der Waals surface area contributed by atoms with Crippen molar-refractivity contribution in [2.24, 2.45) is 0 Å². The minimum atomic E-state index is -0.0503. The Balaban J connectivity index is 1.94. The highest BCUT2D eigenvalue weighted by atomic mass is 79.9. The Kier molecular flexibility index (Phi) is 6.06. The zero-order valence-electron chi connectivity index (χ0n) is 15.8. The predicted molar refractivity (Wildman–Crippen MR) is 110 cm³/mol. The highest BCUT2D eigenvalue weighted by molar-refractivity contribution is 9.10. The molecule has 27 heavy (non-hydrogen) atoms. The summed E-state index contributed by atoms with van der Waals surface area (Å²) in [5.41, 5.74) is 2.49. The lowest BCUT2D eigenvalue weighted by Gasteiger charge is -2.30. The maximum atomic E-state index is 13.4. The van der Waals surface area contributed by atoms with Crippen LogP contribution in [0.2, 0.25) is 0 Å². The van der Waals surface area contributed by atoms with Gasteiger partial charge in [0.2, 0.25) is 0 Å². The number of nitrogens with zero attached hydrogens (tertiary/aromatic N) is 4. The molecule has 0 aliphatic heterocycles. The van der Waals surface area contributed by atoms with Crippen molar-refractivity contribution in [2.75, 3.05) is 6.54 Å². The number of benzene rings is 1. The van der Waals surface area contributed by atoms with Gasteiger partial charge < -0.3 is 4.90 Å². The molecule has 0 radical (unpaired) electrons. The van der Waals surface area contributed by atoms with E-state index in [9.17, 15) is 4.79 Å². The molecule has 3 rings (SSSR count). The first kappa shape index (κ1) is 19.3. The first-order valence-electron chi connectivity index (χ1n) is 9.06. The Morgan fingerprint density at radius 1 is 1.22 bits per heavy atom. The zero-order valence-corrected chi connectivity index (χ0v) is 17.3. The van der Waals surface area contributed by atoms with Crippen LogP contribution in [0.5, 0.6) is 0 Å². The Morgan fingerprint density at radius 2 is 1.96 bits per heavy atom. The number of amides is 1. The fourth-order valence-corrected chi connectivity index (χ4v) is 3.79. The largest absolute Gasteiger partial charge is 0.332 e. The molecule has 0 spiro atoms. The van der Waals surface area contributed by atoms with Crippen molar-refractivity contribution in [3.05, 3.63) is 76.2 Å². The molecule has 3 aromatic rings. The molecular formula is C21H23BrN4O. The molecule has 6 heteroatoms. The van der Waals surface area contributed by atoms with E-state index in [1.165, 1.54) is 0 Å². The van der Waals surface area contributed by atoms with Gasteiger partial charge in [0.15, 0.2) is 5.82 Å². The van der Waals surface area contributed by atoms with Gasteiger partial charge in [0.25, 0.3) is 5.91 Å². The fourth-order valence-electron chi connectivity index (χ4n) is 3.18. The lowest BCUT2D eigenvalue weighted by molar-refractivity contribution is 0.0689. The number of rotatable bonds is 6. The van der Waals surface area contributed by atoms with E-state index < -0.39 is 0 Å². The highest BCUT2D eigenvalue weighted by Gasteiger charge is 2.26. The SMILES string of the molecule is CCCN(C(=O)c1cnn(-c2ccccn2)c1C)C(C)c1ccccc1Br. The van der Waals surface area contributed by atoms with Gasteiger partial charge >= 0.3 is 0 Å². The number of halogens is 1. The van der Waals surface area contributed by atoms with Crippen molar-refractivity contribution in [3.8, 4) is 5.82 Å². The number of carbonyl (C=O) groups excluding carboxylic acids is 1. The molecule has 0 saturated carbocycles. The van der Waals surface area contributed by atoms with Gasteiger partial charge in [-0.15, -0.1) is 0 Å². The van der Waals surface area contributed by atoms with Crippen LogP contribution in [0.3, 0.4) is 0 Å². The average Bonchev–Trinajstić information content (AvgIpc) is 3.07. The van der Waals surface area contributed by atoms with Gasteiger partial charge in [-0.25, -0.2) is 9.67 Å². The van der Waals surface area contributed by atoms with Crippen LogP contribution in [0.1, 0.15) is 47.9 Å². The molecule has 1 atom stereocenters. The molecule has 1 unspecified atom stereocenters. The van der Waals surface area contributed by atoms with E-state index in [1.54, 1.807) is 17.1 Å². The van der Waals surface area contributed by atoms with E-state index in [-0.39, 0.29) is 11.9 Å². The van der Waals surface area contributed by atoms with E-state index in [0.717, 1.165) is 22.2 Å². The van der Waals surface area contributed by atoms with Crippen LogP contribution in [0.15, 0.2) is 59.3 Å². The molecule has 1 amide bonds. The monoisotopic (exact) mass is 426 g/mol. The fraction of sp³-hybridized carbons (Fsp3) is 0.286. The van der Waals surface area contributed by atoms with Gasteiger partial charge in [-0.2, -0.15) is 5.10 Å². The van der Waals surface area contributed by atoms with Crippen molar-refractivity contribution in [3.63, 3.8) is 0 Å². The van der Waals surface area contributed by atoms with Crippen molar-refractivity contribution in [1.82, 2.24) is 19.7 Å². The molecule has 1 aromatic carbocycles. The summed E-state index contributed by atoms with van der Waals surface area (Å²) >= 11 is 3.61. The second kappa shape index (κ2) is 8.48. The second-order valence-electron chi connectivity index (χ2n) is 6.44. The van der Waals surface area contributed by atoms with Crippen LogP contribution in [-0.2, 0) is 0 Å². The zero-order chi connectivity index (χ0) is 19.4. The van der Waals surface area contributed by atoms with E-state index >= 15 is 0 Å². The van der Waals surface area contributed by atoms with Gasteiger partial charge in [-0.05, 0) is 44.0 Å². The molecule has 0 bridgehead atoms. The van der Waals surface area contributed by atoms with E-state index in [1.807, 2.05) is 48.2 Å². The molecule has 2 heterocycles. The van der Waals surface area contributed by atoms with Crippen LogP contribution in [-0.4, -0.2) is 32.1 Å². The third-order valence-corrected chi connectivity index (χ3v) is 5.38. The molecular weight excluding hydrogens is 404 g/mol. The van der Waals surface area contributed by atoms with Gasteiger partial charge in [-0.3, -0.25) is 4.79 Å². The van der Waals surface area contributed by atoms with E-state index in [2.05, 4.69) is 45.9 Å². The molecule has 0 saturated heterocycles. The first-order chi connectivity index (χ1) is 13.0. The third-order valence-electron chi connectivity index (χ3n) is 4.65. The van der Waals surface area contributed by atoms with Crippen LogP contribution in [0.25, 0.3) is 5.82 Å². The van der Waals surface area contributed by atoms with Crippen LogP contribution in [0.4, 0.5) is 0 Å². The number of hydrogen-bond donors (Lipinski definition) is 0. The molecule has 140 valence electrons. The number of carbonyl (C=O) groups is 1. The molecule has 0 aliphatic rings. The maximum absolute atomic E-state index is 13.4. The van der Waals surface area contributed by atoms with Gasteiger partial charge in [-0.1, -0.05) is 47.1 Å². The summed E-state index contributed by atoms with van der Waals surface area (Å²) in [6, 6.07) is 13.6. The third kappa shape index (κ3) is 3.95. The number of aromatic nitrogens is 3.